The lowest BCUT2D eigenvalue weighted by atomic mass is 10.3. The molecule has 0 atom stereocenters. The normalized spacial score (nSPS) is 9.93. The highest BCUT2D eigenvalue weighted by molar-refractivity contribution is 9.13. The van der Waals surface area contributed by atoms with Gasteiger partial charge in [0, 0.05) is 11.0 Å². The smallest absolute Gasteiger partial charge is 0.261 e. The molecule has 0 aromatic carbocycles. The second-order valence-electron chi connectivity index (χ2n) is 2.87. The molecular formula is C9H9Br2NOS. The topological polar surface area (TPSA) is 29.1 Å². The van der Waals surface area contributed by atoms with E-state index in [2.05, 4.69) is 43.8 Å². The highest BCUT2D eigenvalue weighted by atomic mass is 79.9. The Morgan fingerprint density at radius 2 is 2.29 bits per heavy atom. The lowest BCUT2D eigenvalue weighted by Gasteiger charge is -2.01. The zero-order chi connectivity index (χ0) is 10.7. The SMILES string of the molecule is C=C(C)CNC(=O)c1cc(Br)c(Br)s1. The van der Waals surface area contributed by atoms with Crippen molar-refractivity contribution < 1.29 is 4.79 Å². The Morgan fingerprint density at radius 3 is 2.71 bits per heavy atom. The Kier molecular flexibility index (Phi) is 4.34. The van der Waals surface area contributed by atoms with Gasteiger partial charge in [-0.25, -0.2) is 0 Å². The van der Waals surface area contributed by atoms with Crippen LogP contribution in [0.15, 0.2) is 26.5 Å². The third-order valence-corrected chi connectivity index (χ3v) is 4.67. The number of hydrogen-bond donors (Lipinski definition) is 1. The van der Waals surface area contributed by atoms with Crippen molar-refractivity contribution in [1.82, 2.24) is 5.32 Å². The lowest BCUT2D eigenvalue weighted by molar-refractivity contribution is 0.0961. The number of hydrogen-bond acceptors (Lipinski definition) is 2. The standard InChI is InChI=1S/C9H9Br2NOS/c1-5(2)4-12-9(13)7-3-6(10)8(11)14-7/h3H,1,4H2,2H3,(H,12,13). The molecule has 76 valence electrons. The lowest BCUT2D eigenvalue weighted by Crippen LogP contribution is -2.23. The van der Waals surface area contributed by atoms with Crippen LogP contribution in [0.5, 0.6) is 0 Å². The van der Waals surface area contributed by atoms with Crippen molar-refractivity contribution in [2.24, 2.45) is 0 Å². The molecule has 1 rings (SSSR count). The summed E-state index contributed by atoms with van der Waals surface area (Å²) in [5.41, 5.74) is 0.938. The van der Waals surface area contributed by atoms with Gasteiger partial charge in [-0.3, -0.25) is 4.79 Å². The molecule has 5 heteroatoms. The second kappa shape index (κ2) is 5.09. The van der Waals surface area contributed by atoms with E-state index in [1.807, 2.05) is 6.92 Å². The van der Waals surface area contributed by atoms with Crippen molar-refractivity contribution in [2.75, 3.05) is 6.54 Å². The number of halogens is 2. The summed E-state index contributed by atoms with van der Waals surface area (Å²) in [7, 11) is 0. The molecule has 0 aliphatic rings. The minimum atomic E-state index is -0.0654. The molecule has 1 N–H and O–H groups in total. The molecule has 1 amide bonds. The quantitative estimate of drug-likeness (QED) is 0.838. The van der Waals surface area contributed by atoms with Gasteiger partial charge in [0.15, 0.2) is 0 Å². The minimum absolute atomic E-state index is 0.0654. The molecule has 0 aliphatic carbocycles. The molecule has 1 heterocycles. The summed E-state index contributed by atoms with van der Waals surface area (Å²) in [4.78, 5) is 12.2. The fourth-order valence-electron chi connectivity index (χ4n) is 0.777. The van der Waals surface area contributed by atoms with Crippen LogP contribution >= 0.6 is 43.2 Å². The molecule has 0 radical (unpaired) electrons. The summed E-state index contributed by atoms with van der Waals surface area (Å²) < 4.78 is 1.83. The number of amides is 1. The summed E-state index contributed by atoms with van der Waals surface area (Å²) in [6.07, 6.45) is 0. The average Bonchev–Trinajstić information content (AvgIpc) is 2.43. The Hall–Kier alpha value is -0.130. The molecule has 0 unspecified atom stereocenters. The van der Waals surface area contributed by atoms with Crippen LogP contribution in [0.25, 0.3) is 0 Å². The average molecular weight is 339 g/mol. The molecule has 0 saturated carbocycles. The summed E-state index contributed by atoms with van der Waals surface area (Å²) in [5.74, 6) is -0.0654. The van der Waals surface area contributed by atoms with Gasteiger partial charge in [-0.1, -0.05) is 12.2 Å². The fourth-order valence-corrected chi connectivity index (χ4v) is 2.73. The third-order valence-electron chi connectivity index (χ3n) is 1.42. The maximum atomic E-state index is 11.5. The molecular weight excluding hydrogens is 330 g/mol. The molecule has 0 bridgehead atoms. The van der Waals surface area contributed by atoms with Crippen molar-refractivity contribution in [3.8, 4) is 0 Å². The Balaban J connectivity index is 2.65. The van der Waals surface area contributed by atoms with Gasteiger partial charge in [-0.15, -0.1) is 11.3 Å². The van der Waals surface area contributed by atoms with Crippen LogP contribution in [0.4, 0.5) is 0 Å². The van der Waals surface area contributed by atoms with E-state index < -0.39 is 0 Å². The number of thiophene rings is 1. The van der Waals surface area contributed by atoms with Gasteiger partial charge in [0.2, 0.25) is 0 Å². The van der Waals surface area contributed by atoms with E-state index in [9.17, 15) is 4.79 Å². The van der Waals surface area contributed by atoms with E-state index in [1.54, 1.807) is 6.07 Å². The molecule has 14 heavy (non-hydrogen) atoms. The van der Waals surface area contributed by atoms with Gasteiger partial charge in [0.1, 0.15) is 0 Å². The van der Waals surface area contributed by atoms with E-state index in [-0.39, 0.29) is 5.91 Å². The van der Waals surface area contributed by atoms with Gasteiger partial charge in [-0.2, -0.15) is 0 Å². The zero-order valence-corrected chi connectivity index (χ0v) is 11.6. The molecule has 0 fully saturated rings. The van der Waals surface area contributed by atoms with E-state index in [4.69, 9.17) is 0 Å². The van der Waals surface area contributed by atoms with Crippen LogP contribution in [0, 0.1) is 0 Å². The Morgan fingerprint density at radius 1 is 1.64 bits per heavy atom. The van der Waals surface area contributed by atoms with Crippen LogP contribution in [0.2, 0.25) is 0 Å². The summed E-state index contributed by atoms with van der Waals surface area (Å²) in [5, 5.41) is 2.77. The van der Waals surface area contributed by atoms with Gasteiger partial charge >= 0.3 is 0 Å². The van der Waals surface area contributed by atoms with Crippen molar-refractivity contribution in [3.63, 3.8) is 0 Å². The van der Waals surface area contributed by atoms with Gasteiger partial charge in [0.05, 0.1) is 8.66 Å². The van der Waals surface area contributed by atoms with E-state index in [0.717, 1.165) is 13.8 Å². The summed E-state index contributed by atoms with van der Waals surface area (Å²) in [6, 6.07) is 1.79. The fraction of sp³-hybridized carbons (Fsp3) is 0.222. The number of carbonyl (C=O) groups is 1. The van der Waals surface area contributed by atoms with E-state index in [0.29, 0.717) is 11.4 Å². The first-order valence-electron chi connectivity index (χ1n) is 3.88. The van der Waals surface area contributed by atoms with Crippen molar-refractivity contribution >= 4 is 49.1 Å². The number of carbonyl (C=O) groups excluding carboxylic acids is 1. The first kappa shape index (κ1) is 11.9. The molecule has 0 spiro atoms. The van der Waals surface area contributed by atoms with Crippen molar-refractivity contribution in [3.05, 3.63) is 31.4 Å². The number of nitrogens with one attached hydrogen (secondary N) is 1. The van der Waals surface area contributed by atoms with Crippen LogP contribution in [-0.2, 0) is 0 Å². The van der Waals surface area contributed by atoms with Gasteiger partial charge in [0.25, 0.3) is 5.91 Å². The highest BCUT2D eigenvalue weighted by Crippen LogP contribution is 2.32. The summed E-state index contributed by atoms with van der Waals surface area (Å²) >= 11 is 8.07. The molecule has 0 aliphatic heterocycles. The van der Waals surface area contributed by atoms with E-state index in [1.165, 1.54) is 11.3 Å². The monoisotopic (exact) mass is 337 g/mol. The molecule has 2 nitrogen and oxygen atoms in total. The molecule has 1 aromatic heterocycles. The van der Waals surface area contributed by atoms with Crippen molar-refractivity contribution in [1.29, 1.82) is 0 Å². The minimum Gasteiger partial charge on any atom is -0.348 e. The second-order valence-corrected chi connectivity index (χ2v) is 6.10. The first-order valence-corrected chi connectivity index (χ1v) is 6.28. The zero-order valence-electron chi connectivity index (χ0n) is 7.56. The third kappa shape index (κ3) is 3.22. The van der Waals surface area contributed by atoms with Gasteiger partial charge in [-0.05, 0) is 44.8 Å². The predicted molar refractivity (Wildman–Crippen MR) is 66.9 cm³/mol. The Bertz CT molecular complexity index is 353. The van der Waals surface area contributed by atoms with Crippen molar-refractivity contribution in [2.45, 2.75) is 6.92 Å². The van der Waals surface area contributed by atoms with E-state index >= 15 is 0 Å². The predicted octanol–water partition coefficient (Wildman–Crippen LogP) is 3.58. The summed E-state index contributed by atoms with van der Waals surface area (Å²) in [6.45, 7) is 6.11. The van der Waals surface area contributed by atoms with Crippen LogP contribution in [-0.4, -0.2) is 12.5 Å². The van der Waals surface area contributed by atoms with Gasteiger partial charge < -0.3 is 5.32 Å². The molecule has 1 aromatic rings. The number of rotatable bonds is 3. The van der Waals surface area contributed by atoms with Crippen LogP contribution in [0.3, 0.4) is 0 Å². The molecule has 0 saturated heterocycles. The maximum Gasteiger partial charge on any atom is 0.261 e. The largest absolute Gasteiger partial charge is 0.348 e. The highest BCUT2D eigenvalue weighted by Gasteiger charge is 2.10. The van der Waals surface area contributed by atoms with Crippen LogP contribution in [0.1, 0.15) is 16.6 Å². The van der Waals surface area contributed by atoms with Crippen LogP contribution < -0.4 is 5.32 Å². The Labute approximate surface area is 104 Å². The maximum absolute atomic E-state index is 11.5. The first-order chi connectivity index (χ1) is 6.50.